The molecule has 0 aliphatic carbocycles. The number of aliphatic hydroxyl groups excluding tert-OH is 3. The maximum Gasteiger partial charge on any atom is 0.331 e. The highest BCUT2D eigenvalue weighted by Gasteiger charge is 2.13. The fourth-order valence-electron chi connectivity index (χ4n) is 1.10. The van der Waals surface area contributed by atoms with Crippen LogP contribution in [0.4, 0.5) is 0 Å². The lowest BCUT2D eigenvalue weighted by Crippen LogP contribution is -2.28. The highest BCUT2D eigenvalue weighted by atomic mass is 16.4. The van der Waals surface area contributed by atoms with Crippen LogP contribution in [0.15, 0.2) is 11.6 Å². The summed E-state index contributed by atoms with van der Waals surface area (Å²) in [6.45, 7) is 0.681. The van der Waals surface area contributed by atoms with Crippen molar-refractivity contribution in [2.75, 3.05) is 6.61 Å². The summed E-state index contributed by atoms with van der Waals surface area (Å²) in [5.74, 6) is -2.91. The Morgan fingerprint density at radius 3 is 1.64 bits per heavy atom. The summed E-state index contributed by atoms with van der Waals surface area (Å²) in [4.78, 5) is 30.0. The average Bonchev–Trinajstić information content (AvgIpc) is 2.42. The van der Waals surface area contributed by atoms with Gasteiger partial charge in [-0.2, -0.15) is 0 Å². The molecule has 0 rings (SSSR count). The van der Waals surface area contributed by atoms with E-state index in [0.717, 1.165) is 6.08 Å². The van der Waals surface area contributed by atoms with Gasteiger partial charge in [0.1, 0.15) is 12.2 Å². The molecular weight excluding hydrogens is 300 g/mol. The van der Waals surface area contributed by atoms with Crippen LogP contribution in [0.1, 0.15) is 32.6 Å². The van der Waals surface area contributed by atoms with E-state index in [2.05, 4.69) is 0 Å². The minimum atomic E-state index is -1.34. The molecule has 0 fully saturated rings. The molecule has 0 heterocycles. The van der Waals surface area contributed by atoms with Crippen molar-refractivity contribution in [3.05, 3.63) is 11.6 Å². The number of rotatable bonds is 9. The SMILES string of the molecule is CC(=CC(O)C(O)CO)C(=O)O.O=C(O)CCCCC(=O)O. The molecule has 22 heavy (non-hydrogen) atoms. The minimum Gasteiger partial charge on any atom is -0.481 e. The van der Waals surface area contributed by atoms with E-state index in [0.29, 0.717) is 12.8 Å². The zero-order chi connectivity index (χ0) is 17.7. The Kier molecular flexibility index (Phi) is 12.9. The first-order chi connectivity index (χ1) is 10.1. The lowest BCUT2D eigenvalue weighted by Gasteiger charge is -2.11. The zero-order valence-electron chi connectivity index (χ0n) is 12.2. The van der Waals surface area contributed by atoms with Gasteiger partial charge in [-0.15, -0.1) is 0 Å². The molecule has 6 N–H and O–H groups in total. The number of aliphatic hydroxyl groups is 3. The molecule has 9 heteroatoms. The molecule has 0 radical (unpaired) electrons. The number of hydrogen-bond donors (Lipinski definition) is 6. The molecule has 2 atom stereocenters. The molecule has 0 bridgehead atoms. The van der Waals surface area contributed by atoms with Gasteiger partial charge in [-0.05, 0) is 25.8 Å². The Morgan fingerprint density at radius 2 is 1.36 bits per heavy atom. The van der Waals surface area contributed by atoms with Crippen LogP contribution in [0, 0.1) is 0 Å². The molecule has 0 aliphatic heterocycles. The summed E-state index contributed by atoms with van der Waals surface area (Å²) >= 11 is 0. The zero-order valence-corrected chi connectivity index (χ0v) is 12.2. The van der Waals surface area contributed by atoms with E-state index in [1.807, 2.05) is 0 Å². The third-order valence-electron chi connectivity index (χ3n) is 2.37. The molecule has 0 spiro atoms. The predicted molar refractivity (Wildman–Crippen MR) is 74.2 cm³/mol. The van der Waals surface area contributed by atoms with Gasteiger partial charge in [0.2, 0.25) is 0 Å². The van der Waals surface area contributed by atoms with Gasteiger partial charge in [-0.3, -0.25) is 9.59 Å². The predicted octanol–water partition coefficient (Wildman–Crippen LogP) is -0.553. The highest BCUT2D eigenvalue weighted by molar-refractivity contribution is 5.85. The number of unbranched alkanes of at least 4 members (excludes halogenated alkanes) is 1. The Bertz CT molecular complexity index is 373. The van der Waals surface area contributed by atoms with Gasteiger partial charge >= 0.3 is 17.9 Å². The van der Waals surface area contributed by atoms with Crippen molar-refractivity contribution in [2.45, 2.75) is 44.8 Å². The van der Waals surface area contributed by atoms with Gasteiger partial charge in [-0.25, -0.2) is 4.79 Å². The summed E-state index contributed by atoms with van der Waals surface area (Å²) in [5, 5.41) is 50.8. The van der Waals surface area contributed by atoms with E-state index in [1.165, 1.54) is 6.92 Å². The van der Waals surface area contributed by atoms with Gasteiger partial charge in [0.15, 0.2) is 0 Å². The van der Waals surface area contributed by atoms with E-state index < -0.39 is 36.7 Å². The van der Waals surface area contributed by atoms with E-state index >= 15 is 0 Å². The third kappa shape index (κ3) is 14.4. The molecule has 0 saturated carbocycles. The van der Waals surface area contributed by atoms with Gasteiger partial charge in [-0.1, -0.05) is 0 Å². The second-order valence-electron chi connectivity index (χ2n) is 4.39. The Morgan fingerprint density at radius 1 is 0.955 bits per heavy atom. The molecule has 0 aromatic heterocycles. The van der Waals surface area contributed by atoms with Crippen LogP contribution in [-0.4, -0.2) is 67.4 Å². The number of carboxylic acid groups (broad SMARTS) is 3. The lowest BCUT2D eigenvalue weighted by atomic mass is 10.1. The Hall–Kier alpha value is -1.97. The molecule has 0 aliphatic rings. The molecule has 0 saturated heterocycles. The summed E-state index contributed by atoms with van der Waals surface area (Å²) in [7, 11) is 0. The van der Waals surface area contributed by atoms with Crippen LogP contribution in [0.5, 0.6) is 0 Å². The first-order valence-corrected chi connectivity index (χ1v) is 6.44. The highest BCUT2D eigenvalue weighted by Crippen LogP contribution is 2.00. The molecule has 0 aromatic carbocycles. The molecule has 0 amide bonds. The van der Waals surface area contributed by atoms with Gasteiger partial charge < -0.3 is 30.6 Å². The fourth-order valence-corrected chi connectivity index (χ4v) is 1.10. The Labute approximate surface area is 127 Å². The normalized spacial score (nSPS) is 13.5. The first kappa shape index (κ1) is 22.3. The maximum atomic E-state index is 10.2. The van der Waals surface area contributed by atoms with Crippen molar-refractivity contribution in [2.24, 2.45) is 0 Å². The fraction of sp³-hybridized carbons (Fsp3) is 0.615. The second-order valence-corrected chi connectivity index (χ2v) is 4.39. The molecule has 128 valence electrons. The smallest absolute Gasteiger partial charge is 0.331 e. The largest absolute Gasteiger partial charge is 0.481 e. The maximum absolute atomic E-state index is 10.2. The molecule has 9 nitrogen and oxygen atoms in total. The van der Waals surface area contributed by atoms with Crippen LogP contribution < -0.4 is 0 Å². The van der Waals surface area contributed by atoms with Crippen molar-refractivity contribution < 1.29 is 45.0 Å². The van der Waals surface area contributed by atoms with Crippen molar-refractivity contribution in [3.63, 3.8) is 0 Å². The van der Waals surface area contributed by atoms with E-state index in [9.17, 15) is 14.4 Å². The number of hydrogen-bond acceptors (Lipinski definition) is 6. The van der Waals surface area contributed by atoms with Crippen LogP contribution in [0.3, 0.4) is 0 Å². The summed E-state index contributed by atoms with van der Waals surface area (Å²) in [6, 6.07) is 0. The van der Waals surface area contributed by atoms with Crippen LogP contribution in [0.25, 0.3) is 0 Å². The quantitative estimate of drug-likeness (QED) is 0.240. The second kappa shape index (κ2) is 12.7. The third-order valence-corrected chi connectivity index (χ3v) is 2.37. The van der Waals surface area contributed by atoms with Crippen LogP contribution in [0.2, 0.25) is 0 Å². The van der Waals surface area contributed by atoms with E-state index in [1.54, 1.807) is 0 Å². The summed E-state index contributed by atoms with van der Waals surface area (Å²) in [6.07, 6.45) is -0.682. The lowest BCUT2D eigenvalue weighted by molar-refractivity contribution is -0.139. The molecular formula is C13H22O9. The first-order valence-electron chi connectivity index (χ1n) is 6.44. The van der Waals surface area contributed by atoms with Crippen LogP contribution in [-0.2, 0) is 14.4 Å². The summed E-state index contributed by atoms with van der Waals surface area (Å²) < 4.78 is 0. The van der Waals surface area contributed by atoms with Crippen molar-refractivity contribution in [1.29, 1.82) is 0 Å². The van der Waals surface area contributed by atoms with Crippen molar-refractivity contribution in [1.82, 2.24) is 0 Å². The van der Waals surface area contributed by atoms with Gasteiger partial charge in [0.25, 0.3) is 0 Å². The monoisotopic (exact) mass is 322 g/mol. The molecule has 0 aromatic rings. The van der Waals surface area contributed by atoms with Crippen LogP contribution >= 0.6 is 0 Å². The van der Waals surface area contributed by atoms with E-state index in [4.69, 9.17) is 30.6 Å². The summed E-state index contributed by atoms with van der Waals surface area (Å²) in [5.41, 5.74) is -0.0741. The van der Waals surface area contributed by atoms with Crippen molar-refractivity contribution >= 4 is 17.9 Å². The van der Waals surface area contributed by atoms with Crippen molar-refractivity contribution in [3.8, 4) is 0 Å². The minimum absolute atomic E-state index is 0.0628. The number of aliphatic carboxylic acids is 3. The number of carboxylic acids is 3. The standard InChI is InChI=1S/C7H12O5.C6H10O4/c1-4(7(11)12)2-5(9)6(10)3-8;7-5(8)3-1-2-4-6(9)10/h2,5-6,8-10H,3H2,1H3,(H,11,12);1-4H2,(H,7,8)(H,9,10). The topological polar surface area (TPSA) is 173 Å². The average molecular weight is 322 g/mol. The number of carbonyl (C=O) groups is 3. The van der Waals surface area contributed by atoms with E-state index in [-0.39, 0.29) is 18.4 Å². The van der Waals surface area contributed by atoms with Gasteiger partial charge in [0.05, 0.1) is 6.61 Å². The van der Waals surface area contributed by atoms with Gasteiger partial charge in [0, 0.05) is 18.4 Å². The Balaban J connectivity index is 0. The molecule has 2 unspecified atom stereocenters.